The van der Waals surface area contributed by atoms with Crippen molar-refractivity contribution in [2.75, 3.05) is 7.11 Å². The molecule has 2 aliphatic rings. The number of hydrogen-bond acceptors (Lipinski definition) is 4. The lowest BCUT2D eigenvalue weighted by Crippen LogP contribution is -2.27. The van der Waals surface area contributed by atoms with E-state index in [-0.39, 0.29) is 17.3 Å². The second-order valence-electron chi connectivity index (χ2n) is 5.46. The number of esters is 1. The summed E-state index contributed by atoms with van der Waals surface area (Å²) in [5.74, 6) is -0.582. The van der Waals surface area contributed by atoms with Gasteiger partial charge in [-0.05, 0) is 30.8 Å². The molecule has 104 valence electrons. The van der Waals surface area contributed by atoms with Crippen molar-refractivity contribution in [3.63, 3.8) is 0 Å². The van der Waals surface area contributed by atoms with E-state index in [4.69, 9.17) is 0 Å². The number of allylic oxidation sites excluding steroid dienone is 2. The van der Waals surface area contributed by atoms with Gasteiger partial charge in [-0.15, -0.1) is 0 Å². The van der Waals surface area contributed by atoms with Gasteiger partial charge in [-0.1, -0.05) is 19.1 Å². The van der Waals surface area contributed by atoms with Crippen LogP contribution in [0.4, 0.5) is 0 Å². The Morgan fingerprint density at radius 2 is 2.11 bits per heavy atom. The van der Waals surface area contributed by atoms with Crippen LogP contribution in [-0.4, -0.2) is 30.1 Å². The van der Waals surface area contributed by atoms with Gasteiger partial charge in [0.15, 0.2) is 5.78 Å². The van der Waals surface area contributed by atoms with Crippen LogP contribution in [0.3, 0.4) is 0 Å². The molecule has 0 aliphatic heterocycles. The van der Waals surface area contributed by atoms with Gasteiger partial charge in [-0.2, -0.15) is 0 Å². The lowest BCUT2D eigenvalue weighted by molar-refractivity contribution is -0.137. The molecule has 0 unspecified atom stereocenters. The van der Waals surface area contributed by atoms with Gasteiger partial charge in [0.1, 0.15) is 0 Å². The number of carbonyl (C=O) groups excluding carboxylic acids is 2. The minimum Gasteiger partial charge on any atom is -0.466 e. The Bertz CT molecular complexity index is 461. The number of ether oxygens (including phenoxy) is 1. The molecule has 0 spiro atoms. The van der Waals surface area contributed by atoms with Crippen LogP contribution in [0.1, 0.15) is 32.6 Å². The highest BCUT2D eigenvalue weighted by molar-refractivity contribution is 5.99. The predicted molar refractivity (Wildman–Crippen MR) is 70.3 cm³/mol. The van der Waals surface area contributed by atoms with Gasteiger partial charge in [0.25, 0.3) is 0 Å². The zero-order valence-corrected chi connectivity index (χ0v) is 11.4. The topological polar surface area (TPSA) is 63.6 Å². The second-order valence-corrected chi connectivity index (χ2v) is 5.46. The van der Waals surface area contributed by atoms with Crippen LogP contribution in [0.5, 0.6) is 0 Å². The maximum Gasteiger partial charge on any atom is 0.333 e. The van der Waals surface area contributed by atoms with E-state index < -0.39 is 18.0 Å². The first-order valence-electron chi connectivity index (χ1n) is 6.66. The molecule has 4 nitrogen and oxygen atoms in total. The number of aliphatic hydroxyl groups excluding tert-OH is 1. The smallest absolute Gasteiger partial charge is 0.333 e. The van der Waals surface area contributed by atoms with Crippen molar-refractivity contribution in [1.82, 2.24) is 0 Å². The Labute approximate surface area is 113 Å². The minimum absolute atomic E-state index is 0.151. The number of hydrogen-bond donors (Lipinski definition) is 1. The summed E-state index contributed by atoms with van der Waals surface area (Å²) < 4.78 is 4.67. The van der Waals surface area contributed by atoms with Crippen molar-refractivity contribution in [2.24, 2.45) is 11.8 Å². The normalized spacial score (nSPS) is 30.9. The van der Waals surface area contributed by atoms with Crippen LogP contribution in [0.15, 0.2) is 23.3 Å². The summed E-state index contributed by atoms with van der Waals surface area (Å²) in [6.45, 7) is 5.77. The Morgan fingerprint density at radius 3 is 2.74 bits per heavy atom. The fourth-order valence-electron chi connectivity index (χ4n) is 3.18. The summed E-state index contributed by atoms with van der Waals surface area (Å²) in [4.78, 5) is 23.5. The molecule has 0 aromatic rings. The summed E-state index contributed by atoms with van der Waals surface area (Å²) in [6, 6.07) is 0. The maximum atomic E-state index is 11.9. The summed E-state index contributed by atoms with van der Waals surface area (Å²) in [6.07, 6.45) is 1.67. The fraction of sp³-hybridized carbons (Fsp3) is 0.600. The molecule has 0 amide bonds. The van der Waals surface area contributed by atoms with Gasteiger partial charge >= 0.3 is 5.97 Å². The third-order valence-electron chi connectivity index (χ3n) is 4.32. The average Bonchev–Trinajstić information content (AvgIpc) is 2.69. The van der Waals surface area contributed by atoms with Gasteiger partial charge in [0.05, 0.1) is 13.2 Å². The summed E-state index contributed by atoms with van der Waals surface area (Å²) in [5, 5.41) is 10.3. The standard InChI is InChI=1S/C15H20O4/c1-8-6-14(17)11(9(2)15(18)19-3)7-12-10(8)4-5-13(12)16/h8,11,14,17H,2,4-7H2,1,3H3/t8-,11+,14-/m0/s1. The SMILES string of the molecule is C=C(C(=O)OC)[C@H]1CC2=C(CCC2=O)[C@@H](C)C[C@@H]1O. The van der Waals surface area contributed by atoms with Gasteiger partial charge in [0, 0.05) is 17.9 Å². The molecule has 0 aromatic carbocycles. The molecular weight excluding hydrogens is 244 g/mol. The molecule has 0 saturated carbocycles. The molecule has 0 bridgehead atoms. The summed E-state index contributed by atoms with van der Waals surface area (Å²) in [5.41, 5.74) is 2.22. The van der Waals surface area contributed by atoms with E-state index in [1.165, 1.54) is 7.11 Å². The number of aliphatic hydroxyl groups is 1. The average molecular weight is 264 g/mol. The van der Waals surface area contributed by atoms with E-state index in [2.05, 4.69) is 11.3 Å². The quantitative estimate of drug-likeness (QED) is 0.610. The van der Waals surface area contributed by atoms with Crippen LogP contribution in [0.25, 0.3) is 0 Å². The Morgan fingerprint density at radius 1 is 1.42 bits per heavy atom. The van der Waals surface area contributed by atoms with Crippen LogP contribution >= 0.6 is 0 Å². The summed E-state index contributed by atoms with van der Waals surface area (Å²) >= 11 is 0. The van der Waals surface area contributed by atoms with Crippen molar-refractivity contribution in [2.45, 2.75) is 38.7 Å². The van der Waals surface area contributed by atoms with Crippen LogP contribution in [0, 0.1) is 11.8 Å². The number of carbonyl (C=O) groups is 2. The molecule has 0 saturated heterocycles. The molecule has 2 rings (SSSR count). The number of Topliss-reactive ketones (excluding diaryl/α,β-unsaturated/α-hetero) is 1. The zero-order chi connectivity index (χ0) is 14.2. The number of methoxy groups -OCH3 is 1. The predicted octanol–water partition coefficient (Wildman–Crippen LogP) is 1.78. The Hall–Kier alpha value is -1.42. The van der Waals surface area contributed by atoms with Crippen molar-refractivity contribution in [3.8, 4) is 0 Å². The monoisotopic (exact) mass is 264 g/mol. The highest BCUT2D eigenvalue weighted by Crippen LogP contribution is 2.41. The van der Waals surface area contributed by atoms with Crippen LogP contribution < -0.4 is 0 Å². The highest BCUT2D eigenvalue weighted by Gasteiger charge is 2.37. The molecule has 0 aromatic heterocycles. The largest absolute Gasteiger partial charge is 0.466 e. The third-order valence-corrected chi connectivity index (χ3v) is 4.32. The molecule has 4 heteroatoms. The van der Waals surface area contributed by atoms with E-state index in [1.54, 1.807) is 0 Å². The van der Waals surface area contributed by atoms with Gasteiger partial charge in [-0.3, -0.25) is 4.79 Å². The minimum atomic E-state index is -0.653. The first-order chi connectivity index (χ1) is 8.95. The molecular formula is C15H20O4. The second kappa shape index (κ2) is 5.29. The zero-order valence-electron chi connectivity index (χ0n) is 11.4. The van der Waals surface area contributed by atoms with Crippen molar-refractivity contribution < 1.29 is 19.4 Å². The first-order valence-corrected chi connectivity index (χ1v) is 6.66. The molecule has 0 radical (unpaired) electrons. The van der Waals surface area contributed by atoms with Gasteiger partial charge < -0.3 is 9.84 Å². The molecule has 19 heavy (non-hydrogen) atoms. The lowest BCUT2D eigenvalue weighted by atomic mass is 9.86. The Kier molecular flexibility index (Phi) is 3.90. The van der Waals surface area contributed by atoms with Crippen molar-refractivity contribution >= 4 is 11.8 Å². The third kappa shape index (κ3) is 2.50. The van der Waals surface area contributed by atoms with E-state index in [1.807, 2.05) is 6.92 Å². The molecule has 3 atom stereocenters. The van der Waals surface area contributed by atoms with E-state index in [9.17, 15) is 14.7 Å². The van der Waals surface area contributed by atoms with E-state index >= 15 is 0 Å². The molecule has 0 heterocycles. The summed E-state index contributed by atoms with van der Waals surface area (Å²) in [7, 11) is 1.30. The molecule has 0 fully saturated rings. The Balaban J connectivity index is 2.29. The first kappa shape index (κ1) is 14.0. The van der Waals surface area contributed by atoms with Crippen molar-refractivity contribution in [3.05, 3.63) is 23.3 Å². The molecule has 2 aliphatic carbocycles. The van der Waals surface area contributed by atoms with Gasteiger partial charge in [0.2, 0.25) is 0 Å². The van der Waals surface area contributed by atoms with Crippen molar-refractivity contribution in [1.29, 1.82) is 0 Å². The highest BCUT2D eigenvalue weighted by atomic mass is 16.5. The number of rotatable bonds is 2. The number of ketones is 1. The fourth-order valence-corrected chi connectivity index (χ4v) is 3.18. The van der Waals surface area contributed by atoms with Crippen LogP contribution in [0.2, 0.25) is 0 Å². The van der Waals surface area contributed by atoms with Crippen LogP contribution in [-0.2, 0) is 14.3 Å². The molecule has 1 N–H and O–H groups in total. The maximum absolute atomic E-state index is 11.9. The van der Waals surface area contributed by atoms with Gasteiger partial charge in [-0.25, -0.2) is 4.79 Å². The van der Waals surface area contributed by atoms with E-state index in [0.29, 0.717) is 19.3 Å². The lowest BCUT2D eigenvalue weighted by Gasteiger charge is -2.23. The van der Waals surface area contributed by atoms with E-state index in [0.717, 1.165) is 17.6 Å².